The number of esters is 2. The Hall–Kier alpha value is -4.09. The second-order valence-corrected chi connectivity index (χ2v) is 7.18. The molecule has 0 saturated heterocycles. The first kappa shape index (κ1) is 22.6. The number of carbonyl (C=O) groups excluding carboxylic acids is 3. The monoisotopic (exact) mass is 451 g/mol. The average molecular weight is 452 g/mol. The van der Waals surface area contributed by atoms with Crippen LogP contribution in [0.25, 0.3) is 5.69 Å². The van der Waals surface area contributed by atoms with E-state index < -0.39 is 18.0 Å². The van der Waals surface area contributed by atoms with E-state index in [2.05, 4.69) is 0 Å². The molecule has 2 N–H and O–H groups in total. The molecule has 0 saturated carbocycles. The van der Waals surface area contributed by atoms with Crippen molar-refractivity contribution in [2.75, 3.05) is 12.8 Å². The van der Waals surface area contributed by atoms with Gasteiger partial charge in [0.15, 0.2) is 11.8 Å². The molecule has 0 bridgehead atoms. The maximum absolute atomic E-state index is 12.5. The van der Waals surface area contributed by atoms with E-state index in [0.717, 1.165) is 0 Å². The highest BCUT2D eigenvalue weighted by atomic mass is 35.5. The summed E-state index contributed by atoms with van der Waals surface area (Å²) >= 11 is 5.82. The van der Waals surface area contributed by atoms with E-state index in [4.69, 9.17) is 26.8 Å². The number of nitrogens with two attached hydrogens (primary N) is 1. The molecule has 2 aromatic carbocycles. The standard InChI is InChI=1S/C23H18ClN3O5/c1-13(21(28)14-3-7-17(24)8-4-14)32-22(29)15-5-9-18(10-6-15)27-12-16(11-25)19(26)20(27)23(30)31-2/h3-10,12-13H,26H2,1-2H3. The molecular weight excluding hydrogens is 434 g/mol. The highest BCUT2D eigenvalue weighted by Gasteiger charge is 2.23. The summed E-state index contributed by atoms with van der Waals surface area (Å²) in [5.41, 5.74) is 7.05. The van der Waals surface area contributed by atoms with Crippen LogP contribution in [0.2, 0.25) is 5.02 Å². The predicted octanol–water partition coefficient (Wildman–Crippen LogP) is 3.80. The van der Waals surface area contributed by atoms with Crippen LogP contribution >= 0.6 is 11.6 Å². The van der Waals surface area contributed by atoms with Crippen LogP contribution in [-0.2, 0) is 9.47 Å². The van der Waals surface area contributed by atoms with Gasteiger partial charge < -0.3 is 19.8 Å². The Kier molecular flexibility index (Phi) is 6.61. The van der Waals surface area contributed by atoms with E-state index >= 15 is 0 Å². The van der Waals surface area contributed by atoms with Crippen molar-refractivity contribution < 1.29 is 23.9 Å². The van der Waals surface area contributed by atoms with Crippen molar-refractivity contribution in [3.8, 4) is 11.8 Å². The molecular formula is C23H18ClN3O5. The molecule has 1 unspecified atom stereocenters. The molecule has 1 atom stereocenters. The number of ether oxygens (including phenoxy) is 2. The number of aromatic nitrogens is 1. The van der Waals surface area contributed by atoms with Crippen molar-refractivity contribution >= 4 is 35.0 Å². The van der Waals surface area contributed by atoms with Crippen LogP contribution in [0, 0.1) is 11.3 Å². The minimum absolute atomic E-state index is 0.00144. The topological polar surface area (TPSA) is 124 Å². The number of halogens is 1. The second kappa shape index (κ2) is 9.37. The van der Waals surface area contributed by atoms with Gasteiger partial charge in [0.25, 0.3) is 0 Å². The van der Waals surface area contributed by atoms with E-state index in [1.54, 1.807) is 36.4 Å². The van der Waals surface area contributed by atoms with Gasteiger partial charge in [0, 0.05) is 22.5 Å². The highest BCUT2D eigenvalue weighted by Crippen LogP contribution is 2.25. The Morgan fingerprint density at radius 3 is 2.19 bits per heavy atom. The lowest BCUT2D eigenvalue weighted by Crippen LogP contribution is -2.24. The molecule has 162 valence electrons. The maximum Gasteiger partial charge on any atom is 0.357 e. The summed E-state index contributed by atoms with van der Waals surface area (Å²) in [4.78, 5) is 37.0. The van der Waals surface area contributed by atoms with Crippen molar-refractivity contribution in [2.45, 2.75) is 13.0 Å². The predicted molar refractivity (Wildman–Crippen MR) is 117 cm³/mol. The molecule has 0 spiro atoms. The summed E-state index contributed by atoms with van der Waals surface area (Å²) in [6.45, 7) is 1.48. The Balaban J connectivity index is 1.79. The van der Waals surface area contributed by atoms with Gasteiger partial charge in [-0.15, -0.1) is 0 Å². The number of Topliss-reactive ketones (excluding diaryl/α,β-unsaturated/α-hetero) is 1. The largest absolute Gasteiger partial charge is 0.464 e. The zero-order valence-electron chi connectivity index (χ0n) is 17.2. The third-order valence-electron chi connectivity index (χ3n) is 4.71. The summed E-state index contributed by atoms with van der Waals surface area (Å²) in [6.07, 6.45) is 0.401. The molecule has 1 aromatic heterocycles. The lowest BCUT2D eigenvalue weighted by molar-refractivity contribution is 0.0318. The first-order valence-electron chi connectivity index (χ1n) is 9.37. The van der Waals surface area contributed by atoms with E-state index in [0.29, 0.717) is 16.3 Å². The molecule has 0 radical (unpaired) electrons. The molecule has 8 nitrogen and oxygen atoms in total. The fraction of sp³-hybridized carbons (Fsp3) is 0.130. The number of hydrogen-bond acceptors (Lipinski definition) is 7. The van der Waals surface area contributed by atoms with Crippen LogP contribution in [0.1, 0.15) is 43.7 Å². The number of benzene rings is 2. The lowest BCUT2D eigenvalue weighted by atomic mass is 10.1. The summed E-state index contributed by atoms with van der Waals surface area (Å²) in [6, 6.07) is 14.2. The minimum atomic E-state index is -1.00. The number of ketones is 1. The van der Waals surface area contributed by atoms with Crippen LogP contribution in [0.3, 0.4) is 0 Å². The molecule has 3 aromatic rings. The third kappa shape index (κ3) is 4.48. The maximum atomic E-state index is 12.5. The van der Waals surface area contributed by atoms with Crippen LogP contribution in [-0.4, -0.2) is 35.5 Å². The van der Waals surface area contributed by atoms with E-state index in [1.165, 1.54) is 36.9 Å². The van der Waals surface area contributed by atoms with Crippen LogP contribution < -0.4 is 5.73 Å². The van der Waals surface area contributed by atoms with Gasteiger partial charge in [0.05, 0.1) is 23.9 Å². The van der Waals surface area contributed by atoms with Crippen molar-refractivity contribution in [3.05, 3.63) is 82.1 Å². The average Bonchev–Trinajstić information content (AvgIpc) is 3.14. The Morgan fingerprint density at radius 2 is 1.62 bits per heavy atom. The summed E-state index contributed by atoms with van der Waals surface area (Å²) in [5, 5.41) is 9.70. The van der Waals surface area contributed by atoms with Crippen LogP contribution in [0.4, 0.5) is 5.69 Å². The lowest BCUT2D eigenvalue weighted by Gasteiger charge is -2.13. The fourth-order valence-corrected chi connectivity index (χ4v) is 3.13. The van der Waals surface area contributed by atoms with Gasteiger partial charge >= 0.3 is 11.9 Å². The third-order valence-corrected chi connectivity index (χ3v) is 4.96. The number of nitrogen functional groups attached to an aromatic ring is 1. The summed E-state index contributed by atoms with van der Waals surface area (Å²) < 4.78 is 11.4. The fourth-order valence-electron chi connectivity index (χ4n) is 3.01. The van der Waals surface area contributed by atoms with Gasteiger partial charge in [-0.25, -0.2) is 9.59 Å². The number of rotatable bonds is 6. The molecule has 1 heterocycles. The molecule has 0 fully saturated rings. The first-order chi connectivity index (χ1) is 15.3. The normalized spacial score (nSPS) is 11.3. The van der Waals surface area contributed by atoms with Gasteiger partial charge in [0.1, 0.15) is 6.07 Å². The van der Waals surface area contributed by atoms with Gasteiger partial charge in [-0.2, -0.15) is 5.26 Å². The first-order valence-corrected chi connectivity index (χ1v) is 9.75. The van der Waals surface area contributed by atoms with E-state index in [-0.39, 0.29) is 28.3 Å². The highest BCUT2D eigenvalue weighted by molar-refractivity contribution is 6.30. The van der Waals surface area contributed by atoms with Crippen molar-refractivity contribution in [1.82, 2.24) is 4.57 Å². The number of nitriles is 1. The number of nitrogens with zero attached hydrogens (tertiary/aromatic N) is 2. The van der Waals surface area contributed by atoms with Gasteiger partial charge in [-0.1, -0.05) is 11.6 Å². The summed E-state index contributed by atoms with van der Waals surface area (Å²) in [5.74, 6) is -1.76. The molecule has 0 aliphatic rings. The van der Waals surface area contributed by atoms with E-state index in [1.807, 2.05) is 6.07 Å². The smallest absolute Gasteiger partial charge is 0.357 e. The molecule has 0 aliphatic heterocycles. The number of hydrogen-bond donors (Lipinski definition) is 1. The Bertz CT molecular complexity index is 1220. The van der Waals surface area contributed by atoms with Gasteiger partial charge in [-0.3, -0.25) is 4.79 Å². The van der Waals surface area contributed by atoms with Gasteiger partial charge in [-0.05, 0) is 55.5 Å². The van der Waals surface area contributed by atoms with Crippen molar-refractivity contribution in [1.29, 1.82) is 5.26 Å². The molecule has 32 heavy (non-hydrogen) atoms. The zero-order valence-corrected chi connectivity index (χ0v) is 17.9. The Labute approximate surface area is 188 Å². The molecule has 3 rings (SSSR count). The van der Waals surface area contributed by atoms with Gasteiger partial charge in [0.2, 0.25) is 5.78 Å². The number of methoxy groups -OCH3 is 1. The Morgan fingerprint density at radius 1 is 1.03 bits per heavy atom. The quantitative estimate of drug-likeness (QED) is 0.446. The van der Waals surface area contributed by atoms with Crippen molar-refractivity contribution in [3.63, 3.8) is 0 Å². The van der Waals surface area contributed by atoms with Crippen molar-refractivity contribution in [2.24, 2.45) is 0 Å². The number of carbonyl (C=O) groups is 3. The molecule has 0 amide bonds. The molecule has 9 heteroatoms. The van der Waals surface area contributed by atoms with E-state index in [9.17, 15) is 19.6 Å². The zero-order chi connectivity index (χ0) is 23.4. The number of anilines is 1. The van der Waals surface area contributed by atoms with Crippen LogP contribution in [0.5, 0.6) is 0 Å². The van der Waals surface area contributed by atoms with Crippen LogP contribution in [0.15, 0.2) is 54.7 Å². The minimum Gasteiger partial charge on any atom is -0.464 e. The summed E-state index contributed by atoms with van der Waals surface area (Å²) in [7, 11) is 1.21. The SMILES string of the molecule is COC(=O)c1c(N)c(C#N)cn1-c1ccc(C(=O)OC(C)C(=O)c2ccc(Cl)cc2)cc1. The molecule has 0 aliphatic carbocycles. The second-order valence-electron chi connectivity index (χ2n) is 6.74.